The topological polar surface area (TPSA) is 15.3 Å². The molecule has 0 aliphatic carbocycles. The van der Waals surface area contributed by atoms with Gasteiger partial charge in [-0.25, -0.2) is 0 Å². The molecule has 102 valence electrons. The van der Waals surface area contributed by atoms with Crippen LogP contribution in [0.2, 0.25) is 0 Å². The summed E-state index contributed by atoms with van der Waals surface area (Å²) in [6.45, 7) is 10.5. The van der Waals surface area contributed by atoms with Gasteiger partial charge in [0.2, 0.25) is 0 Å². The van der Waals surface area contributed by atoms with Crippen LogP contribution in [0.25, 0.3) is 0 Å². The smallest absolute Gasteiger partial charge is 0.0300 e. The summed E-state index contributed by atoms with van der Waals surface area (Å²) in [5.41, 5.74) is 0. The molecule has 18 heavy (non-hydrogen) atoms. The molecule has 0 saturated carbocycles. The molecular weight excluding hydrogens is 240 g/mol. The number of hydrogen-bond donors (Lipinski definition) is 1. The Hall–Kier alpha value is -0.380. The number of hydrogen-bond acceptors (Lipinski definition) is 3. The van der Waals surface area contributed by atoms with Crippen molar-refractivity contribution in [3.05, 3.63) is 21.9 Å². The van der Waals surface area contributed by atoms with Gasteiger partial charge in [-0.2, -0.15) is 0 Å². The molecule has 1 N–H and O–H groups in total. The molecule has 1 unspecified atom stereocenters. The van der Waals surface area contributed by atoms with Gasteiger partial charge in [-0.1, -0.05) is 13.3 Å². The van der Waals surface area contributed by atoms with Crippen molar-refractivity contribution in [1.29, 1.82) is 0 Å². The van der Waals surface area contributed by atoms with E-state index in [4.69, 9.17) is 0 Å². The second-order valence-electron chi connectivity index (χ2n) is 5.41. The Labute approximate surface area is 115 Å². The number of nitrogens with one attached hydrogen (secondary N) is 1. The lowest BCUT2D eigenvalue weighted by atomic mass is 9.96. The summed E-state index contributed by atoms with van der Waals surface area (Å²) in [7, 11) is 0. The molecule has 1 atom stereocenters. The lowest BCUT2D eigenvalue weighted by molar-refractivity contribution is 0.172. The van der Waals surface area contributed by atoms with Crippen LogP contribution in [-0.2, 0) is 6.54 Å². The van der Waals surface area contributed by atoms with E-state index in [2.05, 4.69) is 36.2 Å². The third-order valence-electron chi connectivity index (χ3n) is 3.88. The number of nitrogens with zero attached hydrogens (tertiary/aromatic N) is 1. The second-order valence-corrected chi connectivity index (χ2v) is 6.78. The molecule has 1 aromatic heterocycles. The van der Waals surface area contributed by atoms with Crippen molar-refractivity contribution >= 4 is 11.3 Å². The Balaban J connectivity index is 1.60. The van der Waals surface area contributed by atoms with Gasteiger partial charge in [0.1, 0.15) is 0 Å². The maximum absolute atomic E-state index is 3.56. The molecular formula is C15H26N2S. The number of aryl methyl sites for hydroxylation is 1. The van der Waals surface area contributed by atoms with Crippen molar-refractivity contribution in [2.75, 3.05) is 26.2 Å². The third-order valence-corrected chi connectivity index (χ3v) is 4.88. The summed E-state index contributed by atoms with van der Waals surface area (Å²) >= 11 is 1.90. The first-order chi connectivity index (χ1) is 8.78. The standard InChI is InChI=1S/C15H26N2S/c1-3-14-5-4-9-17(12-14)10-8-16-11-15-7-6-13(2)18-15/h6-7,14,16H,3-5,8-12H2,1-2H3. The van der Waals surface area contributed by atoms with Gasteiger partial charge in [-0.15, -0.1) is 11.3 Å². The highest BCUT2D eigenvalue weighted by Gasteiger charge is 2.17. The average molecular weight is 266 g/mol. The minimum Gasteiger partial charge on any atom is -0.311 e. The van der Waals surface area contributed by atoms with Gasteiger partial charge in [0.05, 0.1) is 0 Å². The summed E-state index contributed by atoms with van der Waals surface area (Å²) in [6.07, 6.45) is 4.18. The minimum absolute atomic E-state index is 0.943. The van der Waals surface area contributed by atoms with Gasteiger partial charge >= 0.3 is 0 Å². The van der Waals surface area contributed by atoms with Crippen LogP contribution >= 0.6 is 11.3 Å². The summed E-state index contributed by atoms with van der Waals surface area (Å²) < 4.78 is 0. The zero-order chi connectivity index (χ0) is 12.8. The summed E-state index contributed by atoms with van der Waals surface area (Å²) in [6, 6.07) is 4.44. The second kappa shape index (κ2) is 7.27. The van der Waals surface area contributed by atoms with Crippen molar-refractivity contribution in [2.24, 2.45) is 5.92 Å². The normalized spacial score (nSPS) is 21.3. The van der Waals surface area contributed by atoms with E-state index in [-0.39, 0.29) is 0 Å². The molecule has 2 rings (SSSR count). The Bertz CT molecular complexity index is 348. The molecule has 0 amide bonds. The average Bonchev–Trinajstić information content (AvgIpc) is 2.81. The quantitative estimate of drug-likeness (QED) is 0.795. The van der Waals surface area contributed by atoms with Crippen LogP contribution in [0, 0.1) is 12.8 Å². The maximum atomic E-state index is 3.56. The van der Waals surface area contributed by atoms with E-state index < -0.39 is 0 Å². The molecule has 1 aromatic rings. The number of piperidine rings is 1. The highest BCUT2D eigenvalue weighted by Crippen LogP contribution is 2.18. The monoisotopic (exact) mass is 266 g/mol. The fraction of sp³-hybridized carbons (Fsp3) is 0.733. The Kier molecular flexibility index (Phi) is 5.67. The first-order valence-corrected chi connectivity index (χ1v) is 8.08. The van der Waals surface area contributed by atoms with Gasteiger partial charge in [0.25, 0.3) is 0 Å². The Morgan fingerprint density at radius 3 is 3.06 bits per heavy atom. The maximum Gasteiger partial charge on any atom is 0.0300 e. The van der Waals surface area contributed by atoms with Crippen LogP contribution in [0.3, 0.4) is 0 Å². The Morgan fingerprint density at radius 1 is 1.44 bits per heavy atom. The SMILES string of the molecule is CCC1CCCN(CCNCc2ccc(C)s2)C1. The first-order valence-electron chi connectivity index (χ1n) is 7.26. The summed E-state index contributed by atoms with van der Waals surface area (Å²) in [5, 5.41) is 3.56. The molecule has 1 fully saturated rings. The van der Waals surface area contributed by atoms with Gasteiger partial charge in [0.15, 0.2) is 0 Å². The van der Waals surface area contributed by atoms with E-state index in [0.29, 0.717) is 0 Å². The number of likely N-dealkylation sites (tertiary alicyclic amines) is 1. The predicted octanol–water partition coefficient (Wildman–Crippen LogP) is 3.27. The van der Waals surface area contributed by atoms with E-state index in [1.807, 2.05) is 11.3 Å². The van der Waals surface area contributed by atoms with Crippen molar-refractivity contribution in [1.82, 2.24) is 10.2 Å². The molecule has 3 heteroatoms. The summed E-state index contributed by atoms with van der Waals surface area (Å²) in [5.74, 6) is 0.943. The number of thiophene rings is 1. The van der Waals surface area contributed by atoms with Gasteiger partial charge < -0.3 is 10.2 Å². The molecule has 0 spiro atoms. The van der Waals surface area contributed by atoms with Crippen LogP contribution in [0.15, 0.2) is 12.1 Å². The minimum atomic E-state index is 0.943. The molecule has 2 heterocycles. The highest BCUT2D eigenvalue weighted by atomic mass is 32.1. The molecule has 2 nitrogen and oxygen atoms in total. The third kappa shape index (κ3) is 4.38. The predicted molar refractivity (Wildman–Crippen MR) is 80.2 cm³/mol. The molecule has 0 radical (unpaired) electrons. The lowest BCUT2D eigenvalue weighted by Gasteiger charge is -2.32. The van der Waals surface area contributed by atoms with E-state index in [9.17, 15) is 0 Å². The zero-order valence-corrected chi connectivity index (χ0v) is 12.6. The van der Waals surface area contributed by atoms with Gasteiger partial charge in [0, 0.05) is 35.9 Å². The lowest BCUT2D eigenvalue weighted by Crippen LogP contribution is -2.39. The Morgan fingerprint density at radius 2 is 2.33 bits per heavy atom. The first kappa shape index (κ1) is 14.0. The van der Waals surface area contributed by atoms with E-state index in [0.717, 1.165) is 19.0 Å². The fourth-order valence-electron chi connectivity index (χ4n) is 2.72. The zero-order valence-electron chi connectivity index (χ0n) is 11.7. The van der Waals surface area contributed by atoms with Crippen LogP contribution in [-0.4, -0.2) is 31.1 Å². The summed E-state index contributed by atoms with van der Waals surface area (Å²) in [4.78, 5) is 5.50. The van der Waals surface area contributed by atoms with E-state index in [1.54, 1.807) is 0 Å². The van der Waals surface area contributed by atoms with Crippen LogP contribution in [0.1, 0.15) is 35.9 Å². The van der Waals surface area contributed by atoms with Crippen LogP contribution in [0.5, 0.6) is 0 Å². The molecule has 1 saturated heterocycles. The molecule has 0 bridgehead atoms. The fourth-order valence-corrected chi connectivity index (χ4v) is 3.58. The highest BCUT2D eigenvalue weighted by molar-refractivity contribution is 7.11. The van der Waals surface area contributed by atoms with Crippen molar-refractivity contribution < 1.29 is 0 Å². The molecule has 0 aromatic carbocycles. The van der Waals surface area contributed by atoms with Crippen molar-refractivity contribution in [3.8, 4) is 0 Å². The van der Waals surface area contributed by atoms with E-state index >= 15 is 0 Å². The van der Waals surface area contributed by atoms with Gasteiger partial charge in [-0.3, -0.25) is 0 Å². The van der Waals surface area contributed by atoms with Crippen LogP contribution in [0.4, 0.5) is 0 Å². The largest absolute Gasteiger partial charge is 0.311 e. The van der Waals surface area contributed by atoms with Crippen molar-refractivity contribution in [3.63, 3.8) is 0 Å². The van der Waals surface area contributed by atoms with Gasteiger partial charge in [-0.05, 0) is 44.4 Å². The van der Waals surface area contributed by atoms with E-state index in [1.165, 1.54) is 48.7 Å². The molecule has 1 aliphatic heterocycles. The molecule has 1 aliphatic rings. The van der Waals surface area contributed by atoms with Crippen LogP contribution < -0.4 is 5.32 Å². The number of rotatable bonds is 6. The van der Waals surface area contributed by atoms with Crippen molar-refractivity contribution in [2.45, 2.75) is 39.7 Å².